The predicted molar refractivity (Wildman–Crippen MR) is 81.9 cm³/mol. The fourth-order valence-corrected chi connectivity index (χ4v) is 2.34. The normalized spacial score (nSPS) is 21.4. The summed E-state index contributed by atoms with van der Waals surface area (Å²) < 4.78 is 96.8. The Hall–Kier alpha value is -1.94. The molecule has 0 N–H and O–H groups in total. The lowest BCUT2D eigenvalue weighted by molar-refractivity contribution is -0.352. The van der Waals surface area contributed by atoms with Crippen LogP contribution in [0, 0.1) is 11.7 Å². The summed E-state index contributed by atoms with van der Waals surface area (Å²) in [7, 11) is 0. The van der Waals surface area contributed by atoms with Crippen LogP contribution >= 0.6 is 0 Å². The highest BCUT2D eigenvalue weighted by molar-refractivity contribution is 5.33. The number of ether oxygens (including phenoxy) is 4. The van der Waals surface area contributed by atoms with Gasteiger partial charge in [-0.3, -0.25) is 0 Å². The molecule has 4 nitrogen and oxygen atoms in total. The number of allylic oxidation sites excluding steroid dienone is 1. The third kappa shape index (κ3) is 6.62. The highest BCUT2D eigenvalue weighted by Gasteiger charge is 2.47. The summed E-state index contributed by atoms with van der Waals surface area (Å²) in [6, 6.07) is 2.35. The third-order valence-corrected chi connectivity index (χ3v) is 3.55. The Bertz CT molecular complexity index is 639. The van der Waals surface area contributed by atoms with Crippen molar-refractivity contribution >= 4 is 0 Å². The van der Waals surface area contributed by atoms with Crippen LogP contribution in [-0.2, 0) is 9.47 Å². The fraction of sp³-hybridized carbons (Fsp3) is 0.529. The number of alkyl halides is 5. The number of benzene rings is 1. The van der Waals surface area contributed by atoms with Crippen LogP contribution < -0.4 is 9.47 Å². The highest BCUT2D eigenvalue weighted by atomic mass is 19.4. The van der Waals surface area contributed by atoms with Gasteiger partial charge in [-0.25, -0.2) is 4.39 Å². The molecule has 1 aliphatic rings. The van der Waals surface area contributed by atoms with E-state index in [0.29, 0.717) is 6.07 Å². The van der Waals surface area contributed by atoms with Crippen LogP contribution in [0.1, 0.15) is 19.8 Å². The molecule has 1 aliphatic heterocycles. The Morgan fingerprint density at radius 3 is 2.37 bits per heavy atom. The van der Waals surface area contributed by atoms with Crippen molar-refractivity contribution in [3.63, 3.8) is 0 Å². The molecule has 27 heavy (non-hydrogen) atoms. The molecule has 152 valence electrons. The predicted octanol–water partition coefficient (Wildman–Crippen LogP) is 5.04. The van der Waals surface area contributed by atoms with E-state index in [4.69, 9.17) is 9.47 Å². The third-order valence-electron chi connectivity index (χ3n) is 3.55. The number of hydrogen-bond acceptors (Lipinski definition) is 4. The standard InChI is InChI=1S/C17H18F6O4/c1-2-3-11-9-25-15(26-10-11)17(22,23)27-12-4-5-14(13(18)8-12)24-7-6-16(19,20)21/h4-8,11,15H,2-3,9-10H2,1H3. The summed E-state index contributed by atoms with van der Waals surface area (Å²) >= 11 is 0. The first-order valence-corrected chi connectivity index (χ1v) is 8.11. The maximum atomic E-state index is 14.1. The molecule has 0 aromatic heterocycles. The molecule has 0 unspecified atom stereocenters. The summed E-state index contributed by atoms with van der Waals surface area (Å²) in [6.07, 6.45) is -8.83. The van der Waals surface area contributed by atoms with Crippen LogP contribution in [0.5, 0.6) is 11.5 Å². The summed E-state index contributed by atoms with van der Waals surface area (Å²) in [5, 5.41) is 0. The molecule has 1 saturated heterocycles. The first-order valence-electron chi connectivity index (χ1n) is 8.11. The molecule has 1 fully saturated rings. The zero-order valence-corrected chi connectivity index (χ0v) is 14.3. The Kier molecular flexibility index (Phi) is 6.99. The molecular formula is C17H18F6O4. The molecule has 10 heteroatoms. The van der Waals surface area contributed by atoms with Gasteiger partial charge in [0.05, 0.1) is 25.6 Å². The van der Waals surface area contributed by atoms with E-state index in [1.165, 1.54) is 0 Å². The van der Waals surface area contributed by atoms with Gasteiger partial charge in [0.1, 0.15) is 5.75 Å². The molecule has 1 heterocycles. The van der Waals surface area contributed by atoms with E-state index in [-0.39, 0.29) is 31.5 Å². The van der Waals surface area contributed by atoms with Crippen LogP contribution in [0.3, 0.4) is 0 Å². The monoisotopic (exact) mass is 400 g/mol. The lowest BCUT2D eigenvalue weighted by Gasteiger charge is -2.33. The first kappa shape index (κ1) is 21.4. The van der Waals surface area contributed by atoms with Crippen LogP contribution in [0.15, 0.2) is 30.5 Å². The summed E-state index contributed by atoms with van der Waals surface area (Å²) in [6.45, 7) is 2.12. The van der Waals surface area contributed by atoms with Crippen molar-refractivity contribution in [2.45, 2.75) is 38.3 Å². The van der Waals surface area contributed by atoms with Gasteiger partial charge in [-0.2, -0.15) is 22.0 Å². The van der Waals surface area contributed by atoms with E-state index >= 15 is 0 Å². The van der Waals surface area contributed by atoms with Gasteiger partial charge in [0, 0.05) is 12.0 Å². The zero-order valence-electron chi connectivity index (χ0n) is 14.3. The van der Waals surface area contributed by atoms with Gasteiger partial charge in [-0.05, 0) is 18.6 Å². The molecule has 2 rings (SSSR count). The van der Waals surface area contributed by atoms with Crippen LogP contribution in [0.25, 0.3) is 0 Å². The largest absolute Gasteiger partial charge is 0.462 e. The first-order chi connectivity index (χ1) is 12.6. The maximum Gasteiger partial charge on any atom is 0.451 e. The molecule has 0 amide bonds. The lowest BCUT2D eigenvalue weighted by Crippen LogP contribution is -2.47. The minimum absolute atomic E-state index is 0.0145. The van der Waals surface area contributed by atoms with Crippen LogP contribution in [0.4, 0.5) is 26.3 Å². The lowest BCUT2D eigenvalue weighted by atomic mass is 10.1. The zero-order chi connectivity index (χ0) is 20.1. The highest BCUT2D eigenvalue weighted by Crippen LogP contribution is 2.32. The number of hydrogen-bond donors (Lipinski definition) is 0. The Morgan fingerprint density at radius 2 is 1.81 bits per heavy atom. The van der Waals surface area contributed by atoms with Crippen LogP contribution in [0.2, 0.25) is 0 Å². The summed E-state index contributed by atoms with van der Waals surface area (Å²) in [4.78, 5) is 0. The van der Waals surface area contributed by atoms with E-state index in [2.05, 4.69) is 9.47 Å². The SMILES string of the molecule is CCCC1COC(C(F)(F)Oc2ccc(OC=CC(F)(F)F)c(F)c2)OC1. The molecule has 0 atom stereocenters. The molecule has 0 aliphatic carbocycles. The Labute approximate surface area is 151 Å². The van der Waals surface area contributed by atoms with Gasteiger partial charge < -0.3 is 18.9 Å². The van der Waals surface area contributed by atoms with Gasteiger partial charge >= 0.3 is 12.3 Å². The van der Waals surface area contributed by atoms with Crippen molar-refractivity contribution < 1.29 is 45.3 Å². The molecule has 0 bridgehead atoms. The number of rotatable bonds is 7. The van der Waals surface area contributed by atoms with Crippen molar-refractivity contribution in [3.8, 4) is 11.5 Å². The van der Waals surface area contributed by atoms with Gasteiger partial charge in [0.15, 0.2) is 11.6 Å². The fourth-order valence-electron chi connectivity index (χ4n) is 2.34. The topological polar surface area (TPSA) is 36.9 Å². The van der Waals surface area contributed by atoms with E-state index in [0.717, 1.165) is 25.0 Å². The van der Waals surface area contributed by atoms with Crippen LogP contribution in [-0.4, -0.2) is 31.8 Å². The second-order valence-electron chi connectivity index (χ2n) is 5.87. The summed E-state index contributed by atoms with van der Waals surface area (Å²) in [5.74, 6) is -2.31. The van der Waals surface area contributed by atoms with E-state index in [9.17, 15) is 26.3 Å². The number of halogens is 6. The van der Waals surface area contributed by atoms with Crippen molar-refractivity contribution in [2.24, 2.45) is 5.92 Å². The van der Waals surface area contributed by atoms with E-state index in [1.807, 2.05) is 6.92 Å². The second-order valence-corrected chi connectivity index (χ2v) is 5.87. The van der Waals surface area contributed by atoms with E-state index in [1.54, 1.807) is 0 Å². The quantitative estimate of drug-likeness (QED) is 0.475. The average Bonchev–Trinajstić information content (AvgIpc) is 2.56. The van der Waals surface area contributed by atoms with E-state index < -0.39 is 35.9 Å². The van der Waals surface area contributed by atoms with Crippen molar-refractivity contribution in [1.29, 1.82) is 0 Å². The Balaban J connectivity index is 1.96. The van der Waals surface area contributed by atoms with Crippen molar-refractivity contribution in [3.05, 3.63) is 36.4 Å². The average molecular weight is 400 g/mol. The molecule has 1 aromatic rings. The molecule has 1 aromatic carbocycles. The van der Waals surface area contributed by atoms with Gasteiger partial charge in [0.25, 0.3) is 6.29 Å². The molecule has 0 saturated carbocycles. The van der Waals surface area contributed by atoms with Gasteiger partial charge in [0.2, 0.25) is 0 Å². The van der Waals surface area contributed by atoms with Gasteiger partial charge in [-0.1, -0.05) is 13.3 Å². The van der Waals surface area contributed by atoms with Crippen molar-refractivity contribution in [2.75, 3.05) is 13.2 Å². The minimum atomic E-state index is -4.63. The summed E-state index contributed by atoms with van der Waals surface area (Å²) in [5.41, 5.74) is 0. The van der Waals surface area contributed by atoms with Crippen molar-refractivity contribution in [1.82, 2.24) is 0 Å². The Morgan fingerprint density at radius 1 is 1.15 bits per heavy atom. The second kappa shape index (κ2) is 8.83. The molecule has 0 spiro atoms. The molecule has 0 radical (unpaired) electrons. The maximum absolute atomic E-state index is 14.1. The minimum Gasteiger partial charge on any atom is -0.462 e. The van der Waals surface area contributed by atoms with Gasteiger partial charge in [-0.15, -0.1) is 0 Å². The molecular weight excluding hydrogens is 382 g/mol. The smallest absolute Gasteiger partial charge is 0.451 e.